The van der Waals surface area contributed by atoms with Gasteiger partial charge in [-0.15, -0.1) is 0 Å². The predicted molar refractivity (Wildman–Crippen MR) is 21.9 cm³/mol. The number of hydrogen-bond donors (Lipinski definition) is 3. The van der Waals surface area contributed by atoms with Gasteiger partial charge in [0.25, 0.3) is 0 Å². The van der Waals surface area contributed by atoms with Crippen LogP contribution in [0.5, 0.6) is 0 Å². The predicted octanol–water partition coefficient (Wildman–Crippen LogP) is -1.54. The summed E-state index contributed by atoms with van der Waals surface area (Å²) >= 11 is 0. The molecule has 0 saturated carbocycles. The summed E-state index contributed by atoms with van der Waals surface area (Å²) in [5.41, 5.74) is 8.94. The van der Waals surface area contributed by atoms with Crippen molar-refractivity contribution >= 4 is 23.3 Å². The third kappa shape index (κ3) is 317. The largest absolute Gasteiger partial charge is 0.370 e. The van der Waals surface area contributed by atoms with E-state index in [0.717, 1.165) is 0 Å². The van der Waals surface area contributed by atoms with Crippen molar-refractivity contribution in [1.82, 2.24) is 0 Å². The standard InChI is InChI=1S/CH5N3.Al/c2-1(3)4;/h(H5,2,3,4);. The maximum absolute atomic E-state index is 6.06. The Kier molecular flexibility index (Phi) is 6.72. The van der Waals surface area contributed by atoms with Crippen molar-refractivity contribution < 1.29 is 0 Å². The lowest BCUT2D eigenvalue weighted by atomic mass is 11.1. The van der Waals surface area contributed by atoms with E-state index in [1.165, 1.54) is 0 Å². The average Bonchev–Trinajstić information content (AvgIpc) is 0.811. The third-order valence-electron chi connectivity index (χ3n) is 0. The lowest BCUT2D eigenvalue weighted by Crippen LogP contribution is -2.20. The van der Waals surface area contributed by atoms with Crippen molar-refractivity contribution in [2.24, 2.45) is 11.5 Å². The number of rotatable bonds is 0. The Labute approximate surface area is 41.0 Å². The molecule has 4 heteroatoms. The maximum atomic E-state index is 6.06. The van der Waals surface area contributed by atoms with Gasteiger partial charge in [-0.25, -0.2) is 0 Å². The minimum absolute atomic E-state index is 0. The molecule has 3 nitrogen and oxygen atoms in total. The second-order valence-corrected chi connectivity index (χ2v) is 0.455. The fraction of sp³-hybridized carbons (Fsp3) is 0. The molecule has 5 N–H and O–H groups in total. The topological polar surface area (TPSA) is 75.9 Å². The van der Waals surface area contributed by atoms with E-state index in [-0.39, 0.29) is 23.3 Å². The van der Waals surface area contributed by atoms with Gasteiger partial charge in [0.15, 0.2) is 5.96 Å². The molecule has 0 aromatic carbocycles. The molecular weight excluding hydrogens is 81.0 g/mol. The van der Waals surface area contributed by atoms with Crippen LogP contribution in [0.3, 0.4) is 0 Å². The molecule has 0 aliphatic carbocycles. The summed E-state index contributed by atoms with van der Waals surface area (Å²) in [6, 6.07) is 0. The molecule has 0 aromatic heterocycles. The molecule has 0 aromatic rings. The molecular formula is CH5AlN3. The fourth-order valence-electron chi connectivity index (χ4n) is 0. The summed E-state index contributed by atoms with van der Waals surface area (Å²) in [5.74, 6) is -0.333. The van der Waals surface area contributed by atoms with Crippen LogP contribution in [0.4, 0.5) is 0 Å². The molecule has 0 atom stereocenters. The molecule has 0 rings (SSSR count). The van der Waals surface area contributed by atoms with E-state index in [0.29, 0.717) is 0 Å². The molecule has 5 heavy (non-hydrogen) atoms. The monoisotopic (exact) mass is 86.0 g/mol. The molecule has 0 aliphatic rings. The zero-order valence-corrected chi connectivity index (χ0v) is 3.89. The lowest BCUT2D eigenvalue weighted by molar-refractivity contribution is 1.39. The van der Waals surface area contributed by atoms with Crippen LogP contribution in [0, 0.1) is 5.41 Å². The van der Waals surface area contributed by atoms with Crippen LogP contribution < -0.4 is 11.5 Å². The van der Waals surface area contributed by atoms with Gasteiger partial charge in [0.2, 0.25) is 0 Å². The smallest absolute Gasteiger partial charge is 0.183 e. The van der Waals surface area contributed by atoms with Crippen molar-refractivity contribution in [1.29, 1.82) is 5.41 Å². The van der Waals surface area contributed by atoms with Crippen molar-refractivity contribution in [2.45, 2.75) is 0 Å². The first-order valence-corrected chi connectivity index (χ1v) is 0.827. The van der Waals surface area contributed by atoms with E-state index >= 15 is 0 Å². The highest BCUT2D eigenvalue weighted by molar-refractivity contribution is 5.75. The van der Waals surface area contributed by atoms with Crippen LogP contribution in [0.25, 0.3) is 0 Å². The highest BCUT2D eigenvalue weighted by Gasteiger charge is 1.52. The average molecular weight is 86.1 g/mol. The SMILES string of the molecule is N=C(N)N.[Al]. The number of guanidine groups is 1. The van der Waals surface area contributed by atoms with Gasteiger partial charge < -0.3 is 11.5 Å². The Morgan fingerprint density at radius 3 is 1.40 bits per heavy atom. The fourth-order valence-corrected chi connectivity index (χ4v) is 0. The van der Waals surface area contributed by atoms with Crippen LogP contribution >= 0.6 is 0 Å². The Hall–Kier alpha value is -0.198. The summed E-state index contributed by atoms with van der Waals surface area (Å²) in [6.07, 6.45) is 0. The Morgan fingerprint density at radius 1 is 1.40 bits per heavy atom. The first-order valence-electron chi connectivity index (χ1n) is 0.827. The van der Waals surface area contributed by atoms with E-state index in [9.17, 15) is 0 Å². The van der Waals surface area contributed by atoms with Crippen LogP contribution in [-0.2, 0) is 0 Å². The summed E-state index contributed by atoms with van der Waals surface area (Å²) in [4.78, 5) is 0. The van der Waals surface area contributed by atoms with Crippen molar-refractivity contribution in [2.75, 3.05) is 0 Å². The van der Waals surface area contributed by atoms with E-state index in [1.54, 1.807) is 0 Å². The van der Waals surface area contributed by atoms with Gasteiger partial charge in [0.1, 0.15) is 0 Å². The summed E-state index contributed by atoms with van der Waals surface area (Å²) < 4.78 is 0. The van der Waals surface area contributed by atoms with Gasteiger partial charge in [-0.3, -0.25) is 5.41 Å². The second kappa shape index (κ2) is 3.80. The van der Waals surface area contributed by atoms with Crippen LogP contribution in [-0.4, -0.2) is 23.3 Å². The van der Waals surface area contributed by atoms with Crippen molar-refractivity contribution in [3.05, 3.63) is 0 Å². The van der Waals surface area contributed by atoms with Gasteiger partial charge in [0.05, 0.1) is 0 Å². The van der Waals surface area contributed by atoms with Crippen LogP contribution in [0.1, 0.15) is 0 Å². The van der Waals surface area contributed by atoms with E-state index in [4.69, 9.17) is 5.41 Å². The minimum Gasteiger partial charge on any atom is -0.370 e. The highest BCUT2D eigenvalue weighted by Crippen LogP contribution is 1.13. The first-order chi connectivity index (χ1) is 1.73. The zero-order chi connectivity index (χ0) is 3.58. The second-order valence-electron chi connectivity index (χ2n) is 0.455. The molecule has 0 heterocycles. The Balaban J connectivity index is 0. The molecule has 3 radical (unpaired) electrons. The molecule has 0 fully saturated rings. The zero-order valence-electron chi connectivity index (χ0n) is 2.73. The summed E-state index contributed by atoms with van der Waals surface area (Å²) in [5, 5.41) is 6.06. The summed E-state index contributed by atoms with van der Waals surface area (Å²) in [7, 11) is 0. The third-order valence-corrected chi connectivity index (χ3v) is 0. The highest BCUT2D eigenvalue weighted by atomic mass is 27.0. The van der Waals surface area contributed by atoms with Gasteiger partial charge in [0, 0.05) is 17.4 Å². The van der Waals surface area contributed by atoms with Gasteiger partial charge in [-0.1, -0.05) is 0 Å². The summed E-state index contributed by atoms with van der Waals surface area (Å²) in [6.45, 7) is 0. The number of nitrogens with two attached hydrogens (primary N) is 2. The number of hydrogen-bond acceptors (Lipinski definition) is 1. The van der Waals surface area contributed by atoms with Crippen molar-refractivity contribution in [3.8, 4) is 0 Å². The molecule has 0 amide bonds. The van der Waals surface area contributed by atoms with E-state index in [2.05, 4.69) is 11.5 Å². The van der Waals surface area contributed by atoms with Crippen LogP contribution in [0.2, 0.25) is 0 Å². The van der Waals surface area contributed by atoms with E-state index in [1.807, 2.05) is 0 Å². The normalized spacial score (nSPS) is 4.80. The molecule has 0 saturated heterocycles. The molecule has 0 unspecified atom stereocenters. The maximum Gasteiger partial charge on any atom is 0.183 e. The number of nitrogens with one attached hydrogen (secondary N) is 1. The van der Waals surface area contributed by atoms with Crippen LogP contribution in [0.15, 0.2) is 0 Å². The Bertz CT molecular complexity index is 29.9. The first kappa shape index (κ1) is 8.84. The Morgan fingerprint density at radius 2 is 1.40 bits per heavy atom. The van der Waals surface area contributed by atoms with E-state index < -0.39 is 0 Å². The molecule has 0 aliphatic heterocycles. The lowest BCUT2D eigenvalue weighted by Gasteiger charge is -1.69. The van der Waals surface area contributed by atoms with Crippen molar-refractivity contribution in [3.63, 3.8) is 0 Å². The quantitative estimate of drug-likeness (QED) is 0.190. The van der Waals surface area contributed by atoms with Gasteiger partial charge >= 0.3 is 0 Å². The molecule has 0 spiro atoms. The van der Waals surface area contributed by atoms with Gasteiger partial charge in [-0.05, 0) is 0 Å². The minimum atomic E-state index is -0.333. The molecule has 27 valence electrons. The van der Waals surface area contributed by atoms with Gasteiger partial charge in [-0.2, -0.15) is 0 Å². The molecule has 0 bridgehead atoms.